The SMILES string of the molecule is Cc1nn(C)c(C)c1CCC(=O)Cc1ccco1. The van der Waals surface area contributed by atoms with E-state index in [-0.39, 0.29) is 5.78 Å². The molecule has 96 valence electrons. The molecule has 2 rings (SSSR count). The number of hydrogen-bond acceptors (Lipinski definition) is 3. The smallest absolute Gasteiger partial charge is 0.140 e. The molecule has 0 unspecified atom stereocenters. The Morgan fingerprint density at radius 1 is 1.44 bits per heavy atom. The molecule has 0 aliphatic carbocycles. The van der Waals surface area contributed by atoms with Crippen molar-refractivity contribution in [2.24, 2.45) is 7.05 Å². The normalized spacial score (nSPS) is 10.8. The minimum absolute atomic E-state index is 0.201. The Hall–Kier alpha value is -1.84. The van der Waals surface area contributed by atoms with Gasteiger partial charge in [-0.3, -0.25) is 9.48 Å². The Morgan fingerprint density at radius 3 is 2.78 bits per heavy atom. The van der Waals surface area contributed by atoms with Gasteiger partial charge >= 0.3 is 0 Å². The minimum Gasteiger partial charge on any atom is -0.469 e. The number of Topliss-reactive ketones (excluding diaryl/α,β-unsaturated/α-hetero) is 1. The number of aromatic nitrogens is 2. The summed E-state index contributed by atoms with van der Waals surface area (Å²) in [5.74, 6) is 0.937. The van der Waals surface area contributed by atoms with Gasteiger partial charge in [-0.15, -0.1) is 0 Å². The number of rotatable bonds is 5. The standard InChI is InChI=1S/C14H18N2O2/c1-10-14(11(2)16(3)15-10)7-6-12(17)9-13-5-4-8-18-13/h4-5,8H,6-7,9H2,1-3H3. The van der Waals surface area contributed by atoms with Gasteiger partial charge in [-0.1, -0.05) is 0 Å². The van der Waals surface area contributed by atoms with Gasteiger partial charge in [0, 0.05) is 19.2 Å². The molecular weight excluding hydrogens is 228 g/mol. The van der Waals surface area contributed by atoms with Crippen molar-refractivity contribution in [1.82, 2.24) is 9.78 Å². The summed E-state index contributed by atoms with van der Waals surface area (Å²) in [4.78, 5) is 11.8. The number of ketones is 1. The molecule has 0 aromatic carbocycles. The molecule has 0 aliphatic rings. The number of hydrogen-bond donors (Lipinski definition) is 0. The van der Waals surface area contributed by atoms with Crippen molar-refractivity contribution in [3.63, 3.8) is 0 Å². The van der Waals surface area contributed by atoms with Crippen LogP contribution in [0.2, 0.25) is 0 Å². The average Bonchev–Trinajstić information content (AvgIpc) is 2.88. The zero-order chi connectivity index (χ0) is 13.1. The van der Waals surface area contributed by atoms with Crippen molar-refractivity contribution in [3.8, 4) is 0 Å². The first-order valence-electron chi connectivity index (χ1n) is 6.11. The first kappa shape index (κ1) is 12.6. The highest BCUT2D eigenvalue weighted by molar-refractivity contribution is 5.80. The van der Waals surface area contributed by atoms with Gasteiger partial charge in [0.25, 0.3) is 0 Å². The van der Waals surface area contributed by atoms with Crippen LogP contribution in [-0.2, 0) is 24.7 Å². The van der Waals surface area contributed by atoms with Crippen LogP contribution in [0.1, 0.15) is 29.1 Å². The predicted molar refractivity (Wildman–Crippen MR) is 68.4 cm³/mol. The van der Waals surface area contributed by atoms with Crippen molar-refractivity contribution < 1.29 is 9.21 Å². The summed E-state index contributed by atoms with van der Waals surface area (Å²) in [5, 5.41) is 4.35. The molecule has 0 saturated heterocycles. The molecule has 2 aromatic heterocycles. The van der Waals surface area contributed by atoms with Gasteiger partial charge < -0.3 is 4.42 Å². The molecule has 0 saturated carbocycles. The summed E-state index contributed by atoms with van der Waals surface area (Å²) in [6.45, 7) is 4.02. The molecule has 0 amide bonds. The van der Waals surface area contributed by atoms with Gasteiger partial charge in [-0.2, -0.15) is 5.10 Å². The number of aryl methyl sites for hydroxylation is 2. The Morgan fingerprint density at radius 2 is 2.22 bits per heavy atom. The Balaban J connectivity index is 1.93. The van der Waals surface area contributed by atoms with Gasteiger partial charge in [0.15, 0.2) is 0 Å². The van der Waals surface area contributed by atoms with Crippen molar-refractivity contribution in [2.45, 2.75) is 33.1 Å². The predicted octanol–water partition coefficient (Wildman–Crippen LogP) is 2.37. The van der Waals surface area contributed by atoms with Gasteiger partial charge in [0.1, 0.15) is 11.5 Å². The maximum absolute atomic E-state index is 11.8. The van der Waals surface area contributed by atoms with E-state index in [4.69, 9.17) is 4.42 Å². The number of furan rings is 1. The van der Waals surface area contributed by atoms with Gasteiger partial charge in [0.2, 0.25) is 0 Å². The fourth-order valence-corrected chi connectivity index (χ4v) is 2.14. The number of carbonyl (C=O) groups excluding carboxylic acids is 1. The van der Waals surface area contributed by atoms with Gasteiger partial charge in [-0.05, 0) is 38.0 Å². The van der Waals surface area contributed by atoms with Gasteiger partial charge in [-0.25, -0.2) is 0 Å². The lowest BCUT2D eigenvalue weighted by atomic mass is 10.0. The molecule has 0 bridgehead atoms. The molecule has 0 aliphatic heterocycles. The van der Waals surface area contributed by atoms with Crippen LogP contribution in [0, 0.1) is 13.8 Å². The van der Waals surface area contributed by atoms with Crippen LogP contribution in [0.5, 0.6) is 0 Å². The zero-order valence-electron chi connectivity index (χ0n) is 11.1. The molecule has 0 N–H and O–H groups in total. The highest BCUT2D eigenvalue weighted by Gasteiger charge is 2.12. The second-order valence-electron chi connectivity index (χ2n) is 4.57. The Bertz CT molecular complexity index is 538. The van der Waals surface area contributed by atoms with Crippen molar-refractivity contribution >= 4 is 5.78 Å². The summed E-state index contributed by atoms with van der Waals surface area (Å²) >= 11 is 0. The largest absolute Gasteiger partial charge is 0.469 e. The summed E-state index contributed by atoms with van der Waals surface area (Å²) < 4.78 is 7.03. The lowest BCUT2D eigenvalue weighted by Gasteiger charge is -2.01. The minimum atomic E-state index is 0.201. The van der Waals surface area contributed by atoms with Crippen molar-refractivity contribution in [3.05, 3.63) is 41.1 Å². The van der Waals surface area contributed by atoms with Crippen LogP contribution in [-0.4, -0.2) is 15.6 Å². The average molecular weight is 246 g/mol. The maximum atomic E-state index is 11.8. The fraction of sp³-hybridized carbons (Fsp3) is 0.429. The topological polar surface area (TPSA) is 48.0 Å². The summed E-state index contributed by atoms with van der Waals surface area (Å²) in [6.07, 6.45) is 3.27. The van der Waals surface area contributed by atoms with Crippen LogP contribution in [0.3, 0.4) is 0 Å². The van der Waals surface area contributed by atoms with E-state index in [1.165, 1.54) is 5.56 Å². The molecule has 2 aromatic rings. The lowest BCUT2D eigenvalue weighted by Crippen LogP contribution is -2.04. The fourth-order valence-electron chi connectivity index (χ4n) is 2.14. The number of nitrogens with zero attached hydrogens (tertiary/aromatic N) is 2. The molecule has 4 heteroatoms. The summed E-state index contributed by atoms with van der Waals surface area (Å²) in [5.41, 5.74) is 3.34. The second-order valence-corrected chi connectivity index (χ2v) is 4.57. The van der Waals surface area contributed by atoms with E-state index >= 15 is 0 Å². The molecule has 0 fully saturated rings. The molecule has 4 nitrogen and oxygen atoms in total. The van der Waals surface area contributed by atoms with E-state index in [0.717, 1.165) is 23.6 Å². The highest BCUT2D eigenvalue weighted by Crippen LogP contribution is 2.15. The third kappa shape index (κ3) is 2.70. The van der Waals surface area contributed by atoms with Gasteiger partial charge in [0.05, 0.1) is 18.4 Å². The van der Waals surface area contributed by atoms with E-state index in [9.17, 15) is 4.79 Å². The molecule has 0 spiro atoms. The molecule has 2 heterocycles. The summed E-state index contributed by atoms with van der Waals surface area (Å²) in [6, 6.07) is 3.64. The second kappa shape index (κ2) is 5.21. The van der Waals surface area contributed by atoms with Crippen molar-refractivity contribution in [1.29, 1.82) is 0 Å². The van der Waals surface area contributed by atoms with E-state index < -0.39 is 0 Å². The van der Waals surface area contributed by atoms with Crippen LogP contribution >= 0.6 is 0 Å². The monoisotopic (exact) mass is 246 g/mol. The van der Waals surface area contributed by atoms with E-state index in [2.05, 4.69) is 5.10 Å². The quantitative estimate of drug-likeness (QED) is 0.813. The first-order chi connectivity index (χ1) is 8.58. The third-order valence-corrected chi connectivity index (χ3v) is 3.26. The third-order valence-electron chi connectivity index (χ3n) is 3.26. The summed E-state index contributed by atoms with van der Waals surface area (Å²) in [7, 11) is 1.93. The maximum Gasteiger partial charge on any atom is 0.140 e. The lowest BCUT2D eigenvalue weighted by molar-refractivity contribution is -0.118. The number of carbonyl (C=O) groups is 1. The molecule has 0 radical (unpaired) electrons. The van der Waals surface area contributed by atoms with E-state index in [0.29, 0.717) is 12.8 Å². The first-order valence-corrected chi connectivity index (χ1v) is 6.11. The van der Waals surface area contributed by atoms with Crippen LogP contribution in [0.15, 0.2) is 22.8 Å². The van der Waals surface area contributed by atoms with Crippen LogP contribution in [0.4, 0.5) is 0 Å². The van der Waals surface area contributed by atoms with Crippen LogP contribution in [0.25, 0.3) is 0 Å². The zero-order valence-corrected chi connectivity index (χ0v) is 11.1. The van der Waals surface area contributed by atoms with E-state index in [1.807, 2.05) is 31.6 Å². The molecule has 18 heavy (non-hydrogen) atoms. The van der Waals surface area contributed by atoms with E-state index in [1.54, 1.807) is 12.3 Å². The molecular formula is C14H18N2O2. The Kier molecular flexibility index (Phi) is 3.65. The highest BCUT2D eigenvalue weighted by atomic mass is 16.3. The van der Waals surface area contributed by atoms with Crippen LogP contribution < -0.4 is 0 Å². The molecule has 0 atom stereocenters. The Labute approximate surface area is 107 Å². The van der Waals surface area contributed by atoms with Crippen molar-refractivity contribution in [2.75, 3.05) is 0 Å².